The molecule has 1 fully saturated rings. The van der Waals surface area contributed by atoms with Gasteiger partial charge in [0.1, 0.15) is 6.33 Å². The first-order chi connectivity index (χ1) is 7.35. The van der Waals surface area contributed by atoms with E-state index < -0.39 is 0 Å². The van der Waals surface area contributed by atoms with E-state index in [1.165, 1.54) is 0 Å². The number of rotatable bonds is 2. The number of piperidine rings is 1. The second-order valence-corrected chi connectivity index (χ2v) is 4.02. The van der Waals surface area contributed by atoms with Crippen LogP contribution in [0.5, 0.6) is 0 Å². The monoisotopic (exact) mass is 202 g/mol. The number of nitriles is 1. The van der Waals surface area contributed by atoms with Crippen molar-refractivity contribution in [1.82, 2.24) is 15.3 Å². The Labute approximate surface area is 89.4 Å². The van der Waals surface area contributed by atoms with Crippen molar-refractivity contribution in [2.24, 2.45) is 5.41 Å². The fraction of sp³-hybridized carbons (Fsp3) is 0.545. The molecule has 0 atom stereocenters. The van der Waals surface area contributed by atoms with E-state index in [0.717, 1.165) is 38.0 Å². The molecule has 0 radical (unpaired) electrons. The summed E-state index contributed by atoms with van der Waals surface area (Å²) in [5.74, 6) is 0. The Hall–Kier alpha value is -1.47. The molecule has 1 aliphatic rings. The van der Waals surface area contributed by atoms with Crippen LogP contribution < -0.4 is 5.32 Å². The van der Waals surface area contributed by atoms with Gasteiger partial charge in [-0.25, -0.2) is 9.97 Å². The lowest BCUT2D eigenvalue weighted by molar-refractivity contribution is 0.278. The highest BCUT2D eigenvalue weighted by Crippen LogP contribution is 2.31. The molecule has 1 N–H and O–H groups in total. The molecule has 1 aliphatic heterocycles. The second-order valence-electron chi connectivity index (χ2n) is 4.02. The molecule has 0 aliphatic carbocycles. The van der Waals surface area contributed by atoms with Crippen LogP contribution in [-0.4, -0.2) is 23.1 Å². The van der Waals surface area contributed by atoms with Crippen molar-refractivity contribution in [3.8, 4) is 6.07 Å². The molecule has 0 unspecified atom stereocenters. The molecule has 0 spiro atoms. The summed E-state index contributed by atoms with van der Waals surface area (Å²) < 4.78 is 0. The molecule has 1 aromatic rings. The first-order valence-electron chi connectivity index (χ1n) is 5.22. The highest BCUT2D eigenvalue weighted by Gasteiger charge is 2.32. The quantitative estimate of drug-likeness (QED) is 0.774. The topological polar surface area (TPSA) is 61.6 Å². The lowest BCUT2D eigenvalue weighted by Gasteiger charge is -2.30. The lowest BCUT2D eigenvalue weighted by atomic mass is 9.76. The Morgan fingerprint density at radius 2 is 2.27 bits per heavy atom. The Morgan fingerprint density at radius 1 is 1.47 bits per heavy atom. The van der Waals surface area contributed by atoms with Crippen LogP contribution in [0.1, 0.15) is 18.5 Å². The molecule has 2 rings (SSSR count). The van der Waals surface area contributed by atoms with Crippen LogP contribution >= 0.6 is 0 Å². The van der Waals surface area contributed by atoms with Crippen molar-refractivity contribution in [3.05, 3.63) is 24.3 Å². The van der Waals surface area contributed by atoms with E-state index in [9.17, 15) is 5.26 Å². The van der Waals surface area contributed by atoms with E-state index in [0.29, 0.717) is 0 Å². The molecule has 4 nitrogen and oxygen atoms in total. The summed E-state index contributed by atoms with van der Waals surface area (Å²) in [4.78, 5) is 8.06. The van der Waals surface area contributed by atoms with Gasteiger partial charge in [-0.15, -0.1) is 0 Å². The summed E-state index contributed by atoms with van der Waals surface area (Å²) >= 11 is 0. The molecule has 1 saturated heterocycles. The Morgan fingerprint density at radius 3 is 2.87 bits per heavy atom. The van der Waals surface area contributed by atoms with Gasteiger partial charge in [0.2, 0.25) is 0 Å². The minimum absolute atomic E-state index is 0.223. The summed E-state index contributed by atoms with van der Waals surface area (Å²) in [7, 11) is 0. The van der Waals surface area contributed by atoms with Gasteiger partial charge < -0.3 is 5.32 Å². The molecule has 78 valence electrons. The van der Waals surface area contributed by atoms with Gasteiger partial charge in [0.15, 0.2) is 0 Å². The van der Waals surface area contributed by atoms with Crippen LogP contribution in [0.3, 0.4) is 0 Å². The van der Waals surface area contributed by atoms with Crippen LogP contribution in [0, 0.1) is 16.7 Å². The fourth-order valence-corrected chi connectivity index (χ4v) is 2.00. The summed E-state index contributed by atoms with van der Waals surface area (Å²) in [6.45, 7) is 1.86. The summed E-state index contributed by atoms with van der Waals surface area (Å²) in [5, 5.41) is 12.6. The molecule has 4 heteroatoms. The van der Waals surface area contributed by atoms with Gasteiger partial charge in [-0.05, 0) is 32.0 Å². The van der Waals surface area contributed by atoms with Crippen LogP contribution in [0.4, 0.5) is 0 Å². The zero-order valence-electron chi connectivity index (χ0n) is 8.61. The number of hydrogen-bond donors (Lipinski definition) is 1. The van der Waals surface area contributed by atoms with E-state index in [2.05, 4.69) is 21.4 Å². The maximum Gasteiger partial charge on any atom is 0.115 e. The Balaban J connectivity index is 2.12. The van der Waals surface area contributed by atoms with Crippen molar-refractivity contribution in [2.45, 2.75) is 19.3 Å². The van der Waals surface area contributed by atoms with Gasteiger partial charge in [-0.3, -0.25) is 0 Å². The summed E-state index contributed by atoms with van der Waals surface area (Å²) in [5.41, 5.74) is 0.744. The predicted molar refractivity (Wildman–Crippen MR) is 55.9 cm³/mol. The van der Waals surface area contributed by atoms with Gasteiger partial charge in [0.05, 0.1) is 11.5 Å². The molecule has 0 amide bonds. The number of aromatic nitrogens is 2. The van der Waals surface area contributed by atoms with Crippen LogP contribution in [-0.2, 0) is 6.42 Å². The highest BCUT2D eigenvalue weighted by atomic mass is 14.9. The van der Waals surface area contributed by atoms with E-state index in [1.54, 1.807) is 12.5 Å². The van der Waals surface area contributed by atoms with Gasteiger partial charge in [-0.2, -0.15) is 5.26 Å². The summed E-state index contributed by atoms with van der Waals surface area (Å²) in [6, 6.07) is 4.36. The van der Waals surface area contributed by atoms with Crippen molar-refractivity contribution in [2.75, 3.05) is 13.1 Å². The molecule has 15 heavy (non-hydrogen) atoms. The zero-order valence-corrected chi connectivity index (χ0v) is 8.61. The third-order valence-corrected chi connectivity index (χ3v) is 2.96. The smallest absolute Gasteiger partial charge is 0.115 e. The summed E-state index contributed by atoms with van der Waals surface area (Å²) in [6.07, 6.45) is 5.84. The Bertz CT molecular complexity index is 349. The lowest BCUT2D eigenvalue weighted by Crippen LogP contribution is -2.37. The molecule has 0 saturated carbocycles. The van der Waals surface area contributed by atoms with Crippen LogP contribution in [0.2, 0.25) is 0 Å². The van der Waals surface area contributed by atoms with Crippen molar-refractivity contribution >= 4 is 0 Å². The minimum atomic E-state index is -0.223. The molecule has 2 heterocycles. The molecular formula is C11H14N4. The first kappa shape index (κ1) is 10.1. The standard InChI is InChI=1S/C11H14N4/c12-8-11(2-5-13-6-3-11)7-10-1-4-14-9-15-10/h1,4,9,13H,2-3,5-7H2. The SMILES string of the molecule is N#CC1(Cc2ccncn2)CCNCC1. The van der Waals surface area contributed by atoms with Gasteiger partial charge in [0.25, 0.3) is 0 Å². The van der Waals surface area contributed by atoms with Crippen molar-refractivity contribution in [1.29, 1.82) is 5.26 Å². The first-order valence-corrected chi connectivity index (χ1v) is 5.22. The average Bonchev–Trinajstić information content (AvgIpc) is 2.32. The van der Waals surface area contributed by atoms with E-state index in [1.807, 2.05) is 6.07 Å². The largest absolute Gasteiger partial charge is 0.317 e. The van der Waals surface area contributed by atoms with Crippen molar-refractivity contribution in [3.63, 3.8) is 0 Å². The minimum Gasteiger partial charge on any atom is -0.317 e. The average molecular weight is 202 g/mol. The van der Waals surface area contributed by atoms with E-state index in [4.69, 9.17) is 0 Å². The number of nitrogens with one attached hydrogen (secondary N) is 1. The maximum absolute atomic E-state index is 9.28. The number of nitrogens with zero attached hydrogens (tertiary/aromatic N) is 3. The van der Waals surface area contributed by atoms with Gasteiger partial charge >= 0.3 is 0 Å². The molecule has 1 aromatic heterocycles. The maximum atomic E-state index is 9.28. The van der Waals surface area contributed by atoms with E-state index in [-0.39, 0.29) is 5.41 Å². The Kier molecular flexibility index (Phi) is 2.93. The molecule has 0 aromatic carbocycles. The van der Waals surface area contributed by atoms with Gasteiger partial charge in [-0.1, -0.05) is 0 Å². The van der Waals surface area contributed by atoms with E-state index >= 15 is 0 Å². The third kappa shape index (κ3) is 2.31. The predicted octanol–water partition coefficient (Wildman–Crippen LogP) is 0.912. The fourth-order valence-electron chi connectivity index (χ4n) is 2.00. The molecule has 0 bridgehead atoms. The number of hydrogen-bond acceptors (Lipinski definition) is 4. The third-order valence-electron chi connectivity index (χ3n) is 2.96. The van der Waals surface area contributed by atoms with Crippen LogP contribution in [0.25, 0.3) is 0 Å². The van der Waals surface area contributed by atoms with Crippen molar-refractivity contribution < 1.29 is 0 Å². The molecular weight excluding hydrogens is 188 g/mol. The van der Waals surface area contributed by atoms with Crippen LogP contribution in [0.15, 0.2) is 18.6 Å². The second kappa shape index (κ2) is 4.37. The normalized spacial score (nSPS) is 19.4. The highest BCUT2D eigenvalue weighted by molar-refractivity contribution is 5.11. The van der Waals surface area contributed by atoms with Gasteiger partial charge in [0, 0.05) is 18.3 Å². The zero-order chi connectivity index (χ0) is 10.6.